The molecular weight excluding hydrogens is 609 g/mol. The van der Waals surface area contributed by atoms with Crippen molar-refractivity contribution in [2.24, 2.45) is 5.92 Å². The Kier molecular flexibility index (Phi) is 9.50. The van der Waals surface area contributed by atoms with Gasteiger partial charge in [-0.3, -0.25) is 13.9 Å². The minimum absolute atomic E-state index is 0.125. The quantitative estimate of drug-likeness (QED) is 0.200. The Balaban J connectivity index is 1.38. The fraction of sp³-hybridized carbons (Fsp3) is 0.517. The molecule has 236 valence electrons. The van der Waals surface area contributed by atoms with E-state index in [4.69, 9.17) is 11.6 Å². The van der Waals surface area contributed by atoms with E-state index >= 15 is 4.39 Å². The summed E-state index contributed by atoms with van der Waals surface area (Å²) in [6, 6.07) is 8.82. The van der Waals surface area contributed by atoms with Crippen LogP contribution in [0.3, 0.4) is 0 Å². The number of carboxylic acid groups (broad SMARTS) is 1. The zero-order valence-electron chi connectivity index (χ0n) is 23.3. The number of hydrogen-bond donors (Lipinski definition) is 6. The van der Waals surface area contributed by atoms with Crippen molar-refractivity contribution < 1.29 is 37.0 Å². The molecule has 0 spiro atoms. The highest BCUT2D eigenvalue weighted by Gasteiger charge is 2.52. The van der Waals surface area contributed by atoms with Crippen molar-refractivity contribution in [1.29, 1.82) is 0 Å². The predicted molar refractivity (Wildman–Crippen MR) is 159 cm³/mol. The summed E-state index contributed by atoms with van der Waals surface area (Å²) in [6.07, 6.45) is -0.495. The van der Waals surface area contributed by atoms with Crippen molar-refractivity contribution in [2.45, 2.75) is 68.5 Å². The smallest absolute Gasteiger partial charge is 0.405 e. The van der Waals surface area contributed by atoms with Gasteiger partial charge in [-0.15, -0.1) is 10.8 Å². The van der Waals surface area contributed by atoms with E-state index in [0.29, 0.717) is 36.5 Å². The average molecular weight is 645 g/mol. The summed E-state index contributed by atoms with van der Waals surface area (Å²) in [5.41, 5.74) is 0.773. The number of halogens is 4. The minimum atomic E-state index is -2.96. The van der Waals surface area contributed by atoms with Gasteiger partial charge in [-0.25, -0.2) is 22.3 Å². The van der Waals surface area contributed by atoms with Crippen molar-refractivity contribution in [3.05, 3.63) is 64.4 Å². The van der Waals surface area contributed by atoms with Crippen LogP contribution in [-0.4, -0.2) is 73.4 Å². The average Bonchev–Trinajstić information content (AvgIpc) is 3.03. The monoisotopic (exact) mass is 644 g/mol. The van der Waals surface area contributed by atoms with E-state index in [9.17, 15) is 32.6 Å². The first-order valence-corrected chi connectivity index (χ1v) is 16.3. The van der Waals surface area contributed by atoms with Crippen molar-refractivity contribution >= 4 is 40.1 Å². The van der Waals surface area contributed by atoms with Crippen LogP contribution in [0.4, 0.5) is 23.7 Å². The van der Waals surface area contributed by atoms with Gasteiger partial charge in [0.2, 0.25) is 11.8 Å². The molecule has 14 heteroatoms. The molecule has 5 atom stereocenters. The number of carbonyl (C=O) groups is 2. The van der Waals surface area contributed by atoms with E-state index in [2.05, 4.69) is 16.0 Å². The first-order chi connectivity index (χ1) is 20.3. The van der Waals surface area contributed by atoms with Crippen molar-refractivity contribution in [2.75, 3.05) is 24.2 Å². The second kappa shape index (κ2) is 12.8. The number of fused-ring (bicyclic) bond motifs is 2. The number of nitrogens with one attached hydrogen (secondary N) is 3. The van der Waals surface area contributed by atoms with E-state index in [1.165, 1.54) is 18.2 Å². The van der Waals surface area contributed by atoms with E-state index in [0.717, 1.165) is 6.42 Å². The Morgan fingerprint density at radius 3 is 2.56 bits per heavy atom. The molecule has 0 radical (unpaired) electrons. The van der Waals surface area contributed by atoms with Crippen molar-refractivity contribution in [3.63, 3.8) is 0 Å². The molecule has 9 nitrogen and oxygen atoms in total. The number of piperazine rings is 1. The molecule has 2 aromatic rings. The van der Waals surface area contributed by atoms with Gasteiger partial charge < -0.3 is 21.1 Å². The number of hydrogen-bond acceptors (Lipinski definition) is 6. The summed E-state index contributed by atoms with van der Waals surface area (Å²) >= 11 is 6.02. The lowest BCUT2D eigenvalue weighted by Crippen LogP contribution is -2.55. The molecule has 2 aliphatic heterocycles. The van der Waals surface area contributed by atoms with Gasteiger partial charge in [0.1, 0.15) is 11.9 Å². The number of carbonyl (C=O) groups excluding carboxylic acids is 1. The number of nitrogens with zero attached hydrogens (tertiary/aromatic N) is 1. The summed E-state index contributed by atoms with van der Waals surface area (Å²) < 4.78 is 66.3. The maximum absolute atomic E-state index is 15.2. The van der Waals surface area contributed by atoms with Crippen molar-refractivity contribution in [1.82, 2.24) is 14.9 Å². The third-order valence-electron chi connectivity index (χ3n) is 8.71. The Hall–Kier alpha value is -2.55. The summed E-state index contributed by atoms with van der Waals surface area (Å²) in [5, 5.41) is 18.3. The molecule has 1 aliphatic carbocycles. The molecule has 3 unspecified atom stereocenters. The zero-order valence-corrected chi connectivity index (χ0v) is 24.9. The topological polar surface area (TPSA) is 134 Å². The first kappa shape index (κ1) is 31.9. The first-order valence-electron chi connectivity index (χ1n) is 14.3. The Morgan fingerprint density at radius 1 is 1.16 bits per heavy atom. The fourth-order valence-electron chi connectivity index (χ4n) is 6.56. The number of amides is 2. The number of rotatable bonds is 9. The highest BCUT2D eigenvalue weighted by molar-refractivity contribution is 8.22. The Bertz CT molecular complexity index is 1330. The van der Waals surface area contributed by atoms with Gasteiger partial charge >= 0.3 is 6.09 Å². The van der Waals surface area contributed by atoms with Gasteiger partial charge in [0.25, 0.3) is 0 Å². The summed E-state index contributed by atoms with van der Waals surface area (Å²) in [4.78, 5) is 25.5. The second-order valence-corrected chi connectivity index (χ2v) is 14.2. The number of anilines is 1. The van der Waals surface area contributed by atoms with E-state index in [-0.39, 0.29) is 35.5 Å². The third kappa shape index (κ3) is 7.40. The molecule has 2 aromatic carbocycles. The van der Waals surface area contributed by atoms with E-state index in [1.807, 2.05) is 0 Å². The van der Waals surface area contributed by atoms with Crippen LogP contribution in [0.2, 0.25) is 5.02 Å². The van der Waals surface area contributed by atoms with Gasteiger partial charge in [0.05, 0.1) is 5.75 Å². The predicted octanol–water partition coefficient (Wildman–Crippen LogP) is 5.92. The standard InChI is InChI=1S/C29H36ClF3N4O5S/c30-19-8-6-17(7-9-19)25(18-13-29(32,33)14-18)26(36-28(39)40)27(38)35-24-5-1-4-23(31)22(24)11-10-21-15-34-20-3-2-12-43(41,42)37(21)16-20/h1,4-9,18,20-21,25-26,34,36,41-42H,2-3,10-16H2,(H,35,38)(H,39,40)/t20?,21?,25-,26-/m0/s1. The third-order valence-corrected chi connectivity index (χ3v) is 11.0. The van der Waals surface area contributed by atoms with Crippen LogP contribution in [-0.2, 0) is 11.2 Å². The van der Waals surface area contributed by atoms with E-state index < -0.39 is 65.2 Å². The SMILES string of the molecule is O=C(O)N[C@H](C(=O)Nc1cccc(F)c1CCC1CNC2CCCS(O)(O)N1C2)[C@@H](c1ccc(Cl)cc1)C1CC(F)(F)C1. The van der Waals surface area contributed by atoms with Gasteiger partial charge in [-0.05, 0) is 61.4 Å². The zero-order chi connectivity index (χ0) is 30.9. The van der Waals surface area contributed by atoms with Crippen LogP contribution in [0.25, 0.3) is 0 Å². The molecule has 2 saturated heterocycles. The lowest BCUT2D eigenvalue weighted by Gasteiger charge is -2.49. The highest BCUT2D eigenvalue weighted by atomic mass is 35.5. The van der Waals surface area contributed by atoms with Crippen LogP contribution in [0.5, 0.6) is 0 Å². The maximum atomic E-state index is 15.2. The molecule has 3 fully saturated rings. The van der Waals surface area contributed by atoms with Gasteiger partial charge in [0.15, 0.2) is 0 Å². The van der Waals surface area contributed by atoms with Crippen LogP contribution < -0.4 is 16.0 Å². The molecule has 5 rings (SSSR count). The second-order valence-electron chi connectivity index (χ2n) is 11.7. The van der Waals surface area contributed by atoms with Gasteiger partial charge in [0, 0.05) is 60.2 Å². The molecular formula is C29H36ClF3N4O5S. The maximum Gasteiger partial charge on any atom is 0.405 e. The summed E-state index contributed by atoms with van der Waals surface area (Å²) in [5.74, 6) is -5.66. The number of benzene rings is 2. The van der Waals surface area contributed by atoms with Crippen LogP contribution in [0.1, 0.15) is 49.1 Å². The molecule has 43 heavy (non-hydrogen) atoms. The lowest BCUT2D eigenvalue weighted by molar-refractivity contribution is -0.130. The van der Waals surface area contributed by atoms with Crippen molar-refractivity contribution in [3.8, 4) is 0 Å². The number of alkyl halides is 2. The molecule has 2 heterocycles. The van der Waals surface area contributed by atoms with Gasteiger partial charge in [-0.1, -0.05) is 29.8 Å². The summed E-state index contributed by atoms with van der Waals surface area (Å²) in [6.45, 7) is 0.971. The van der Waals surface area contributed by atoms with Crippen LogP contribution >= 0.6 is 22.4 Å². The highest BCUT2D eigenvalue weighted by Crippen LogP contribution is 2.51. The lowest BCUT2D eigenvalue weighted by atomic mass is 9.67. The largest absolute Gasteiger partial charge is 0.465 e. The molecule has 1 saturated carbocycles. The van der Waals surface area contributed by atoms with Gasteiger partial charge in [-0.2, -0.15) is 0 Å². The molecule has 2 bridgehead atoms. The Labute approximate surface area is 254 Å². The normalized spacial score (nSPS) is 26.7. The Morgan fingerprint density at radius 2 is 1.88 bits per heavy atom. The summed E-state index contributed by atoms with van der Waals surface area (Å²) in [7, 11) is -2.96. The van der Waals surface area contributed by atoms with Crippen LogP contribution in [0.15, 0.2) is 42.5 Å². The van der Waals surface area contributed by atoms with Crippen LogP contribution in [0, 0.1) is 11.7 Å². The molecule has 6 N–H and O–H groups in total. The molecule has 3 aliphatic rings. The van der Waals surface area contributed by atoms with E-state index in [1.54, 1.807) is 28.6 Å². The molecule has 0 aromatic heterocycles. The fourth-order valence-corrected chi connectivity index (χ4v) is 8.55. The minimum Gasteiger partial charge on any atom is -0.465 e. The molecule has 2 amide bonds.